The van der Waals surface area contributed by atoms with Crippen molar-refractivity contribution in [3.05, 3.63) is 72.3 Å². The van der Waals surface area contributed by atoms with Crippen molar-refractivity contribution >= 4 is 17.2 Å². The van der Waals surface area contributed by atoms with Gasteiger partial charge in [-0.3, -0.25) is 9.20 Å². The number of pyridine rings is 1. The Hall–Kier alpha value is -3.81. The van der Waals surface area contributed by atoms with E-state index in [-0.39, 0.29) is 0 Å². The predicted octanol–water partition coefficient (Wildman–Crippen LogP) is 1.90. The molecule has 1 aromatic carbocycles. The van der Waals surface area contributed by atoms with Crippen LogP contribution in [0.4, 0.5) is 5.82 Å². The monoisotopic (exact) mass is 345 g/mol. The Labute approximate surface area is 148 Å². The van der Waals surface area contributed by atoms with Crippen molar-refractivity contribution in [2.45, 2.75) is 6.54 Å². The van der Waals surface area contributed by atoms with Crippen molar-refractivity contribution in [1.29, 1.82) is 0 Å². The van der Waals surface area contributed by atoms with Gasteiger partial charge in [0, 0.05) is 6.54 Å². The van der Waals surface area contributed by atoms with Gasteiger partial charge in [0.05, 0.1) is 11.7 Å². The van der Waals surface area contributed by atoms with Crippen LogP contribution in [-0.2, 0) is 6.54 Å². The normalized spacial score (nSPS) is 10.8. The summed E-state index contributed by atoms with van der Waals surface area (Å²) in [7, 11) is 0. The number of carbonyl (C=O) groups excluding carboxylic acids is 1. The zero-order valence-corrected chi connectivity index (χ0v) is 13.7. The van der Waals surface area contributed by atoms with Gasteiger partial charge in [0.25, 0.3) is 5.91 Å². The first kappa shape index (κ1) is 15.7. The van der Waals surface area contributed by atoms with Crippen molar-refractivity contribution in [2.24, 2.45) is 5.73 Å². The molecule has 3 heterocycles. The maximum absolute atomic E-state index is 11.6. The van der Waals surface area contributed by atoms with E-state index in [9.17, 15) is 4.79 Å². The summed E-state index contributed by atoms with van der Waals surface area (Å²) in [6.45, 7) is 0.620. The molecule has 128 valence electrons. The molecule has 0 radical (unpaired) electrons. The Morgan fingerprint density at radius 1 is 1.12 bits per heavy atom. The Morgan fingerprint density at radius 3 is 2.77 bits per heavy atom. The quantitative estimate of drug-likeness (QED) is 0.571. The first-order valence-electron chi connectivity index (χ1n) is 7.96. The number of nitrogens with zero attached hydrogens (tertiary/aromatic N) is 5. The zero-order valence-electron chi connectivity index (χ0n) is 13.7. The number of hydrogen-bond acceptors (Lipinski definition) is 6. The molecule has 3 aromatic heterocycles. The Balaban J connectivity index is 1.65. The highest BCUT2D eigenvalue weighted by Crippen LogP contribution is 2.21. The summed E-state index contributed by atoms with van der Waals surface area (Å²) < 4.78 is 1.62. The van der Waals surface area contributed by atoms with E-state index in [1.807, 2.05) is 36.4 Å². The lowest BCUT2D eigenvalue weighted by molar-refractivity contribution is 0.0994. The number of fused-ring (bicyclic) bond motifs is 1. The minimum atomic E-state index is -0.531. The standard InChI is InChI=1S/C18H15N7O/c19-17(26)14-8-4-7-13-16(21-11-25(13)14)18-23-15(10-22-24-18)20-9-12-5-2-1-3-6-12/h1-8,10-11H,9H2,(H2,19,26)(H,20,23,24). The Bertz CT molecular complexity index is 1080. The molecule has 3 N–H and O–H groups in total. The molecule has 0 saturated heterocycles. The van der Waals surface area contributed by atoms with Gasteiger partial charge in [-0.25, -0.2) is 9.97 Å². The van der Waals surface area contributed by atoms with Crippen LogP contribution in [0.25, 0.3) is 17.0 Å². The third kappa shape index (κ3) is 2.95. The lowest BCUT2D eigenvalue weighted by atomic mass is 10.2. The molecule has 4 aromatic rings. The summed E-state index contributed by atoms with van der Waals surface area (Å²) in [6.07, 6.45) is 3.08. The van der Waals surface area contributed by atoms with Gasteiger partial charge in [-0.05, 0) is 17.7 Å². The lowest BCUT2D eigenvalue weighted by Gasteiger charge is -2.06. The first-order valence-corrected chi connectivity index (χ1v) is 7.96. The molecule has 0 aliphatic rings. The summed E-state index contributed by atoms with van der Waals surface area (Å²) in [5.74, 6) is 0.426. The molecule has 0 atom stereocenters. The molecular weight excluding hydrogens is 330 g/mol. The second kappa shape index (κ2) is 6.60. The Kier molecular flexibility index (Phi) is 3.98. The van der Waals surface area contributed by atoms with Crippen LogP contribution in [0, 0.1) is 0 Å². The van der Waals surface area contributed by atoms with Crippen molar-refractivity contribution < 1.29 is 4.79 Å². The predicted molar refractivity (Wildman–Crippen MR) is 96.3 cm³/mol. The van der Waals surface area contributed by atoms with E-state index in [4.69, 9.17) is 5.73 Å². The number of imidazole rings is 1. The minimum Gasteiger partial charge on any atom is -0.365 e. The summed E-state index contributed by atoms with van der Waals surface area (Å²) in [5.41, 5.74) is 8.09. The fourth-order valence-electron chi connectivity index (χ4n) is 2.67. The molecule has 0 unspecified atom stereocenters. The van der Waals surface area contributed by atoms with E-state index in [1.54, 1.807) is 22.7 Å². The molecule has 0 aliphatic heterocycles. The average molecular weight is 345 g/mol. The van der Waals surface area contributed by atoms with Gasteiger partial charge in [0.2, 0.25) is 5.82 Å². The van der Waals surface area contributed by atoms with E-state index in [1.165, 1.54) is 6.33 Å². The average Bonchev–Trinajstić information content (AvgIpc) is 3.11. The number of amides is 1. The van der Waals surface area contributed by atoms with E-state index < -0.39 is 5.91 Å². The van der Waals surface area contributed by atoms with Gasteiger partial charge in [0.15, 0.2) is 0 Å². The number of hydrogen-bond donors (Lipinski definition) is 2. The molecular formula is C18H15N7O. The van der Waals surface area contributed by atoms with Crippen LogP contribution in [0.3, 0.4) is 0 Å². The number of aromatic nitrogens is 5. The fraction of sp³-hybridized carbons (Fsp3) is 0.0556. The third-order valence-corrected chi connectivity index (χ3v) is 3.91. The van der Waals surface area contributed by atoms with Crippen LogP contribution >= 0.6 is 0 Å². The molecule has 0 spiro atoms. The van der Waals surface area contributed by atoms with Crippen molar-refractivity contribution in [2.75, 3.05) is 5.32 Å². The van der Waals surface area contributed by atoms with Gasteiger partial charge in [0.1, 0.15) is 23.5 Å². The summed E-state index contributed by atoms with van der Waals surface area (Å²) in [4.78, 5) is 20.4. The van der Waals surface area contributed by atoms with E-state index in [0.29, 0.717) is 35.1 Å². The fourth-order valence-corrected chi connectivity index (χ4v) is 2.67. The molecule has 4 rings (SSSR count). The number of nitrogens with two attached hydrogens (primary N) is 1. The van der Waals surface area contributed by atoms with Gasteiger partial charge >= 0.3 is 0 Å². The van der Waals surface area contributed by atoms with Crippen molar-refractivity contribution in [3.63, 3.8) is 0 Å². The second-order valence-electron chi connectivity index (χ2n) is 5.63. The van der Waals surface area contributed by atoms with Gasteiger partial charge < -0.3 is 11.1 Å². The highest BCUT2D eigenvalue weighted by molar-refractivity contribution is 5.92. The highest BCUT2D eigenvalue weighted by Gasteiger charge is 2.14. The van der Waals surface area contributed by atoms with Crippen LogP contribution in [-0.4, -0.2) is 30.5 Å². The number of rotatable bonds is 5. The van der Waals surface area contributed by atoms with E-state index >= 15 is 0 Å². The van der Waals surface area contributed by atoms with Crippen LogP contribution in [0.1, 0.15) is 16.1 Å². The summed E-state index contributed by atoms with van der Waals surface area (Å²) >= 11 is 0. The van der Waals surface area contributed by atoms with Gasteiger partial charge in [-0.1, -0.05) is 36.4 Å². The van der Waals surface area contributed by atoms with Gasteiger partial charge in [-0.15, -0.1) is 5.10 Å². The largest absolute Gasteiger partial charge is 0.365 e. The van der Waals surface area contributed by atoms with Crippen LogP contribution < -0.4 is 11.1 Å². The molecule has 0 saturated carbocycles. The zero-order chi connectivity index (χ0) is 17.9. The van der Waals surface area contributed by atoms with Gasteiger partial charge in [-0.2, -0.15) is 5.10 Å². The summed E-state index contributed by atoms with van der Waals surface area (Å²) in [6, 6.07) is 15.2. The number of benzene rings is 1. The maximum atomic E-state index is 11.6. The lowest BCUT2D eigenvalue weighted by Crippen LogP contribution is -2.14. The number of carbonyl (C=O) groups is 1. The molecule has 8 heteroatoms. The Morgan fingerprint density at radius 2 is 1.96 bits per heavy atom. The van der Waals surface area contributed by atoms with Crippen LogP contribution in [0.5, 0.6) is 0 Å². The van der Waals surface area contributed by atoms with E-state index in [0.717, 1.165) is 5.56 Å². The number of nitrogens with one attached hydrogen (secondary N) is 1. The molecule has 0 fully saturated rings. The number of primary amides is 1. The van der Waals surface area contributed by atoms with Crippen molar-refractivity contribution in [3.8, 4) is 11.5 Å². The molecule has 0 bridgehead atoms. The molecule has 0 aliphatic carbocycles. The topological polar surface area (TPSA) is 111 Å². The minimum absolute atomic E-state index is 0.340. The number of anilines is 1. The van der Waals surface area contributed by atoms with E-state index in [2.05, 4.69) is 25.5 Å². The molecule has 8 nitrogen and oxygen atoms in total. The molecule has 26 heavy (non-hydrogen) atoms. The molecule has 1 amide bonds. The highest BCUT2D eigenvalue weighted by atomic mass is 16.1. The third-order valence-electron chi connectivity index (χ3n) is 3.91. The smallest absolute Gasteiger partial charge is 0.265 e. The first-order chi connectivity index (χ1) is 12.7. The van der Waals surface area contributed by atoms with Crippen molar-refractivity contribution in [1.82, 2.24) is 24.6 Å². The van der Waals surface area contributed by atoms with Crippen LogP contribution in [0.15, 0.2) is 61.1 Å². The summed E-state index contributed by atoms with van der Waals surface area (Å²) in [5, 5.41) is 11.3. The van der Waals surface area contributed by atoms with Crippen LogP contribution in [0.2, 0.25) is 0 Å². The SMILES string of the molecule is NC(=O)c1cccc2c(-c3nncc(NCc4ccccc4)n3)ncn12. The maximum Gasteiger partial charge on any atom is 0.265 e. The second-order valence-corrected chi connectivity index (χ2v) is 5.63.